The van der Waals surface area contributed by atoms with E-state index in [4.69, 9.17) is 4.74 Å². The Labute approximate surface area is 144 Å². The minimum absolute atomic E-state index is 0.0340. The van der Waals surface area contributed by atoms with E-state index in [9.17, 15) is 4.79 Å². The predicted molar refractivity (Wildman–Crippen MR) is 98.5 cm³/mol. The van der Waals surface area contributed by atoms with Crippen molar-refractivity contribution in [2.24, 2.45) is 0 Å². The molecule has 0 aromatic heterocycles. The van der Waals surface area contributed by atoms with Crippen molar-refractivity contribution in [3.05, 3.63) is 29.3 Å². The minimum Gasteiger partial charge on any atom is -0.483 e. The molecule has 4 heteroatoms. The zero-order chi connectivity index (χ0) is 16.7. The maximum atomic E-state index is 11.9. The van der Waals surface area contributed by atoms with Crippen molar-refractivity contribution in [3.8, 4) is 5.75 Å². The van der Waals surface area contributed by atoms with Crippen LogP contribution in [0.5, 0.6) is 5.75 Å². The molecule has 0 unspecified atom stereocenters. The highest BCUT2D eigenvalue weighted by molar-refractivity contribution is 7.99. The highest BCUT2D eigenvalue weighted by atomic mass is 32.2. The van der Waals surface area contributed by atoms with Crippen LogP contribution in [0.1, 0.15) is 56.6 Å². The zero-order valence-electron chi connectivity index (χ0n) is 14.6. The molecule has 1 N–H and O–H groups in total. The van der Waals surface area contributed by atoms with Gasteiger partial charge in [0.1, 0.15) is 5.75 Å². The van der Waals surface area contributed by atoms with Crippen molar-refractivity contribution in [2.75, 3.05) is 18.9 Å². The van der Waals surface area contributed by atoms with Crippen LogP contribution in [0.3, 0.4) is 0 Å². The fraction of sp³-hybridized carbons (Fsp3) is 0.632. The molecule has 0 aliphatic heterocycles. The van der Waals surface area contributed by atoms with Crippen LogP contribution in [-0.4, -0.2) is 30.1 Å². The molecule has 1 aliphatic carbocycles. The van der Waals surface area contributed by atoms with Crippen LogP contribution in [-0.2, 0) is 4.79 Å². The number of amides is 1. The van der Waals surface area contributed by atoms with Gasteiger partial charge in [-0.1, -0.05) is 38.8 Å². The number of hydrogen-bond donors (Lipinski definition) is 1. The highest BCUT2D eigenvalue weighted by Crippen LogP contribution is 2.29. The summed E-state index contributed by atoms with van der Waals surface area (Å²) in [6.07, 6.45) is 5.42. The second-order valence-electron chi connectivity index (χ2n) is 6.61. The van der Waals surface area contributed by atoms with Gasteiger partial charge in [-0.25, -0.2) is 0 Å². The summed E-state index contributed by atoms with van der Waals surface area (Å²) in [5.41, 5.74) is 2.30. The fourth-order valence-corrected chi connectivity index (χ4v) is 4.13. The zero-order valence-corrected chi connectivity index (χ0v) is 15.4. The Kier molecular flexibility index (Phi) is 7.28. The summed E-state index contributed by atoms with van der Waals surface area (Å²) in [4.78, 5) is 11.9. The second-order valence-corrected chi connectivity index (χ2v) is 8.02. The third-order valence-electron chi connectivity index (χ3n) is 4.23. The Balaban J connectivity index is 1.70. The van der Waals surface area contributed by atoms with Crippen LogP contribution in [0.15, 0.2) is 18.2 Å². The third-order valence-corrected chi connectivity index (χ3v) is 5.61. The predicted octanol–water partition coefficient (Wildman–Crippen LogP) is 4.29. The van der Waals surface area contributed by atoms with Crippen molar-refractivity contribution < 1.29 is 9.53 Å². The maximum absolute atomic E-state index is 11.9. The fourth-order valence-electron chi connectivity index (χ4n) is 2.91. The lowest BCUT2D eigenvalue weighted by atomic mass is 10.0. The van der Waals surface area contributed by atoms with Crippen molar-refractivity contribution in [1.29, 1.82) is 0 Å². The van der Waals surface area contributed by atoms with Crippen molar-refractivity contribution in [3.63, 3.8) is 0 Å². The molecule has 128 valence electrons. The van der Waals surface area contributed by atoms with Gasteiger partial charge in [0.05, 0.1) is 0 Å². The van der Waals surface area contributed by atoms with E-state index in [1.54, 1.807) is 0 Å². The van der Waals surface area contributed by atoms with E-state index in [0.29, 0.717) is 5.92 Å². The summed E-state index contributed by atoms with van der Waals surface area (Å²) in [5, 5.41) is 3.76. The number of hydrogen-bond acceptors (Lipinski definition) is 3. The third kappa shape index (κ3) is 6.09. The molecule has 23 heavy (non-hydrogen) atoms. The van der Waals surface area contributed by atoms with Gasteiger partial charge in [-0.15, -0.1) is 0 Å². The number of carbonyl (C=O) groups is 1. The van der Waals surface area contributed by atoms with Crippen LogP contribution >= 0.6 is 11.8 Å². The van der Waals surface area contributed by atoms with E-state index in [1.165, 1.54) is 25.7 Å². The molecule has 1 aromatic rings. The van der Waals surface area contributed by atoms with Gasteiger partial charge in [0.15, 0.2) is 6.61 Å². The monoisotopic (exact) mass is 335 g/mol. The minimum atomic E-state index is -0.0340. The molecule has 0 bridgehead atoms. The molecular weight excluding hydrogens is 306 g/mol. The topological polar surface area (TPSA) is 38.3 Å². The molecule has 2 rings (SSSR count). The second kappa shape index (κ2) is 9.21. The van der Waals surface area contributed by atoms with Crippen molar-refractivity contribution in [2.45, 2.75) is 57.6 Å². The number of thioether (sulfide) groups is 1. The summed E-state index contributed by atoms with van der Waals surface area (Å²) in [6.45, 7) is 7.14. The number of benzene rings is 1. The molecule has 1 fully saturated rings. The quantitative estimate of drug-likeness (QED) is 0.720. The average Bonchev–Trinajstić information content (AvgIpc) is 3.02. The number of rotatable bonds is 8. The van der Waals surface area contributed by atoms with Gasteiger partial charge < -0.3 is 10.1 Å². The Bertz CT molecular complexity index is 510. The standard InChI is InChI=1S/C19H29NO2S/c1-14(2)17-9-8-15(3)12-18(17)22-13-19(21)20-10-11-23-16-6-4-5-7-16/h8-9,12,14,16H,4-7,10-11,13H2,1-3H3,(H,20,21). The molecule has 0 spiro atoms. The Hall–Kier alpha value is -1.16. The highest BCUT2D eigenvalue weighted by Gasteiger charge is 2.15. The Morgan fingerprint density at radius 1 is 1.35 bits per heavy atom. The number of aryl methyl sites for hydroxylation is 1. The first-order chi connectivity index (χ1) is 11.1. The van der Waals surface area contributed by atoms with Gasteiger partial charge in [0.2, 0.25) is 0 Å². The number of ether oxygens (including phenoxy) is 1. The van der Waals surface area contributed by atoms with Gasteiger partial charge >= 0.3 is 0 Å². The van der Waals surface area contributed by atoms with Gasteiger partial charge in [-0.3, -0.25) is 4.79 Å². The molecule has 0 heterocycles. The van der Waals surface area contributed by atoms with E-state index in [0.717, 1.165) is 34.4 Å². The molecule has 0 radical (unpaired) electrons. The molecule has 0 saturated heterocycles. The smallest absolute Gasteiger partial charge is 0.257 e. The van der Waals surface area contributed by atoms with Crippen LogP contribution < -0.4 is 10.1 Å². The van der Waals surface area contributed by atoms with E-state index >= 15 is 0 Å². The lowest BCUT2D eigenvalue weighted by Gasteiger charge is -2.15. The van der Waals surface area contributed by atoms with Crippen LogP contribution in [0.2, 0.25) is 0 Å². The largest absolute Gasteiger partial charge is 0.483 e. The summed E-state index contributed by atoms with van der Waals surface area (Å²) in [6, 6.07) is 6.19. The number of carbonyl (C=O) groups excluding carboxylic acids is 1. The lowest BCUT2D eigenvalue weighted by molar-refractivity contribution is -0.122. The molecule has 0 atom stereocenters. The van der Waals surface area contributed by atoms with E-state index in [1.807, 2.05) is 24.8 Å². The Morgan fingerprint density at radius 3 is 2.78 bits per heavy atom. The van der Waals surface area contributed by atoms with E-state index in [2.05, 4.69) is 31.3 Å². The molecular formula is C19H29NO2S. The van der Waals surface area contributed by atoms with Crippen LogP contribution in [0.25, 0.3) is 0 Å². The number of nitrogens with one attached hydrogen (secondary N) is 1. The van der Waals surface area contributed by atoms with Crippen molar-refractivity contribution in [1.82, 2.24) is 5.32 Å². The summed E-state index contributed by atoms with van der Waals surface area (Å²) < 4.78 is 5.75. The van der Waals surface area contributed by atoms with E-state index in [-0.39, 0.29) is 12.5 Å². The Morgan fingerprint density at radius 2 is 2.09 bits per heavy atom. The van der Waals surface area contributed by atoms with Gasteiger partial charge in [0.25, 0.3) is 5.91 Å². The van der Waals surface area contributed by atoms with Gasteiger partial charge in [0, 0.05) is 17.5 Å². The van der Waals surface area contributed by atoms with Crippen LogP contribution in [0.4, 0.5) is 0 Å². The molecule has 1 aromatic carbocycles. The molecule has 1 saturated carbocycles. The summed E-state index contributed by atoms with van der Waals surface area (Å²) >= 11 is 1.99. The summed E-state index contributed by atoms with van der Waals surface area (Å²) in [5.74, 6) is 2.18. The average molecular weight is 336 g/mol. The first-order valence-corrected chi connectivity index (χ1v) is 9.73. The SMILES string of the molecule is Cc1ccc(C(C)C)c(OCC(=O)NCCSC2CCCC2)c1. The maximum Gasteiger partial charge on any atom is 0.257 e. The van der Waals surface area contributed by atoms with Crippen LogP contribution in [0, 0.1) is 6.92 Å². The summed E-state index contributed by atoms with van der Waals surface area (Å²) in [7, 11) is 0. The normalized spacial score (nSPS) is 15.1. The first-order valence-electron chi connectivity index (χ1n) is 8.68. The van der Waals surface area contributed by atoms with Gasteiger partial charge in [-0.2, -0.15) is 11.8 Å². The first kappa shape index (κ1) is 18.2. The van der Waals surface area contributed by atoms with Gasteiger partial charge in [-0.05, 0) is 42.9 Å². The van der Waals surface area contributed by atoms with E-state index < -0.39 is 0 Å². The molecule has 3 nitrogen and oxygen atoms in total. The molecule has 1 aliphatic rings. The lowest BCUT2D eigenvalue weighted by Crippen LogP contribution is -2.31. The molecule has 1 amide bonds. The van der Waals surface area contributed by atoms with Crippen molar-refractivity contribution >= 4 is 17.7 Å².